The van der Waals surface area contributed by atoms with Gasteiger partial charge in [0.05, 0.1) is 18.8 Å². The highest BCUT2D eigenvalue weighted by Crippen LogP contribution is 2.46. The first-order valence-corrected chi connectivity index (χ1v) is 11.8. The average molecular weight is 500 g/mol. The van der Waals surface area contributed by atoms with E-state index in [2.05, 4.69) is 5.32 Å². The lowest BCUT2D eigenvalue weighted by Crippen LogP contribution is -2.59. The lowest BCUT2D eigenvalue weighted by molar-refractivity contribution is -0.140. The van der Waals surface area contributed by atoms with Crippen LogP contribution in [0.25, 0.3) is 0 Å². The second kappa shape index (κ2) is 10.9. The Kier molecular flexibility index (Phi) is 8.36. The van der Waals surface area contributed by atoms with Crippen molar-refractivity contribution in [1.29, 1.82) is 0 Å². The highest BCUT2D eigenvalue weighted by molar-refractivity contribution is 6.02. The van der Waals surface area contributed by atoms with Gasteiger partial charge in [-0.1, -0.05) is 54.6 Å². The maximum atomic E-state index is 13.4. The summed E-state index contributed by atoms with van der Waals surface area (Å²) < 4.78 is 5.81. The lowest BCUT2D eigenvalue weighted by atomic mass is 9.73. The Bertz CT molecular complexity index is 1060. The Morgan fingerprint density at radius 3 is 2.37 bits per heavy atom. The number of nitrogens with two attached hydrogens (primary N) is 1. The van der Waals surface area contributed by atoms with Crippen molar-refractivity contribution in [3.05, 3.63) is 71.3 Å². The molecule has 1 atom stereocenters. The normalized spacial score (nSPS) is 17.5. The van der Waals surface area contributed by atoms with Gasteiger partial charge in [-0.3, -0.25) is 14.4 Å². The molecule has 35 heavy (non-hydrogen) atoms. The monoisotopic (exact) mass is 499 g/mol. The van der Waals surface area contributed by atoms with Crippen molar-refractivity contribution in [2.75, 3.05) is 19.7 Å². The van der Waals surface area contributed by atoms with Crippen LogP contribution in [0.3, 0.4) is 0 Å². The van der Waals surface area contributed by atoms with E-state index < -0.39 is 17.5 Å². The summed E-state index contributed by atoms with van der Waals surface area (Å²) in [5.74, 6) is -0.406. The molecular weight excluding hydrogens is 466 g/mol. The summed E-state index contributed by atoms with van der Waals surface area (Å²) in [6.07, 6.45) is 1.93. The second-order valence-corrected chi connectivity index (χ2v) is 10.00. The predicted octanol–water partition coefficient (Wildman–Crippen LogP) is 2.99. The largest absolute Gasteiger partial charge is 0.374 e. The number of fused-ring (bicyclic) bond motifs is 2. The van der Waals surface area contributed by atoms with Crippen molar-refractivity contribution in [3.8, 4) is 0 Å². The maximum absolute atomic E-state index is 13.4. The van der Waals surface area contributed by atoms with Gasteiger partial charge in [0.2, 0.25) is 11.8 Å². The van der Waals surface area contributed by atoms with Crippen LogP contribution in [0.1, 0.15) is 54.6 Å². The fraction of sp³-hybridized carbons (Fsp3) is 0.444. The minimum absolute atomic E-state index is 0. The Hall–Kier alpha value is -2.74. The molecule has 2 aromatic carbocycles. The van der Waals surface area contributed by atoms with Gasteiger partial charge in [-0.05, 0) is 37.8 Å². The number of ketones is 1. The van der Waals surface area contributed by atoms with Crippen LogP contribution in [-0.4, -0.2) is 53.8 Å². The fourth-order valence-corrected chi connectivity index (χ4v) is 4.90. The summed E-state index contributed by atoms with van der Waals surface area (Å²) >= 11 is 0. The number of carbonyl (C=O) groups excluding carboxylic acids is 3. The van der Waals surface area contributed by atoms with Gasteiger partial charge in [0.25, 0.3) is 0 Å². The van der Waals surface area contributed by atoms with E-state index in [1.54, 1.807) is 18.7 Å². The summed E-state index contributed by atoms with van der Waals surface area (Å²) in [5, 5.41) is 2.79. The molecule has 2 aromatic rings. The van der Waals surface area contributed by atoms with E-state index in [1.165, 1.54) is 0 Å². The molecule has 0 aromatic heterocycles. The van der Waals surface area contributed by atoms with Crippen molar-refractivity contribution in [1.82, 2.24) is 10.2 Å². The van der Waals surface area contributed by atoms with Gasteiger partial charge < -0.3 is 20.7 Å². The number of halogens is 1. The van der Waals surface area contributed by atoms with Crippen LogP contribution in [0, 0.1) is 0 Å². The maximum Gasteiger partial charge on any atom is 0.247 e. The fourth-order valence-electron chi connectivity index (χ4n) is 4.90. The number of piperidine rings is 1. The molecule has 3 N–H and O–H groups in total. The number of Topliss-reactive ketones (excluding diaryl/α,β-unsaturated/α-hetero) is 1. The standard InChI is InChI=1S/C27H33N3O4.ClH/c1-26(2,28)25(33)29-22(18-34-17-19-8-4-3-5-9-19)24(32)30-14-12-27(13-15-30)16-23(31)20-10-6-7-11-21(20)27;/h3-11,22H,12-18,28H2,1-2H3,(H,29,33);1H. The molecule has 0 radical (unpaired) electrons. The van der Waals surface area contributed by atoms with Crippen molar-refractivity contribution in [2.24, 2.45) is 5.73 Å². The predicted molar refractivity (Wildman–Crippen MR) is 136 cm³/mol. The van der Waals surface area contributed by atoms with E-state index in [0.717, 1.165) is 29.5 Å². The molecule has 1 spiro atoms. The number of hydrogen-bond donors (Lipinski definition) is 2. The Labute approximate surface area is 212 Å². The van der Waals surface area contributed by atoms with Gasteiger partial charge in [-0.2, -0.15) is 0 Å². The summed E-state index contributed by atoms with van der Waals surface area (Å²) in [5.41, 5.74) is 7.54. The van der Waals surface area contributed by atoms with E-state index in [4.69, 9.17) is 10.5 Å². The van der Waals surface area contributed by atoms with Crippen LogP contribution in [0.5, 0.6) is 0 Å². The lowest BCUT2D eigenvalue weighted by Gasteiger charge is -2.41. The number of amides is 2. The molecule has 0 bridgehead atoms. The molecule has 0 saturated carbocycles. The molecule has 1 unspecified atom stereocenters. The van der Waals surface area contributed by atoms with E-state index in [9.17, 15) is 14.4 Å². The SMILES string of the molecule is CC(C)(N)C(=O)NC(COCc1ccccc1)C(=O)N1CCC2(CC1)CC(=O)c1ccccc12.Cl. The highest BCUT2D eigenvalue weighted by atomic mass is 35.5. The van der Waals surface area contributed by atoms with Crippen LogP contribution < -0.4 is 11.1 Å². The molecule has 1 fully saturated rings. The zero-order chi connectivity index (χ0) is 24.3. The van der Waals surface area contributed by atoms with Gasteiger partial charge in [0.1, 0.15) is 6.04 Å². The topological polar surface area (TPSA) is 102 Å². The molecule has 1 aliphatic heterocycles. The molecule has 2 aliphatic rings. The zero-order valence-electron chi connectivity index (χ0n) is 20.3. The minimum atomic E-state index is -1.11. The summed E-state index contributed by atoms with van der Waals surface area (Å²) in [4.78, 5) is 40.3. The van der Waals surface area contributed by atoms with Crippen molar-refractivity contribution in [3.63, 3.8) is 0 Å². The first-order valence-electron chi connectivity index (χ1n) is 11.8. The summed E-state index contributed by atoms with van der Waals surface area (Å²) in [6.45, 7) is 4.66. The molecule has 188 valence electrons. The van der Waals surface area contributed by atoms with Crippen LogP contribution in [0.2, 0.25) is 0 Å². The molecule has 1 saturated heterocycles. The molecule has 1 heterocycles. The number of carbonyl (C=O) groups is 3. The molecule has 1 aliphatic carbocycles. The van der Waals surface area contributed by atoms with Gasteiger partial charge in [-0.15, -0.1) is 12.4 Å². The molecule has 4 rings (SSSR count). The first-order chi connectivity index (χ1) is 16.2. The van der Waals surface area contributed by atoms with Crippen LogP contribution in [-0.2, 0) is 26.3 Å². The van der Waals surface area contributed by atoms with E-state index in [1.807, 2.05) is 54.6 Å². The molecular formula is C27H34ClN3O4. The molecule has 2 amide bonds. The zero-order valence-corrected chi connectivity index (χ0v) is 21.1. The number of hydrogen-bond acceptors (Lipinski definition) is 5. The highest BCUT2D eigenvalue weighted by Gasteiger charge is 2.46. The summed E-state index contributed by atoms with van der Waals surface area (Å²) in [7, 11) is 0. The second-order valence-electron chi connectivity index (χ2n) is 10.00. The molecule has 8 heteroatoms. The van der Waals surface area contributed by atoms with Crippen LogP contribution in [0.15, 0.2) is 54.6 Å². The van der Waals surface area contributed by atoms with Gasteiger partial charge in [-0.25, -0.2) is 0 Å². The quantitative estimate of drug-likeness (QED) is 0.609. The van der Waals surface area contributed by atoms with E-state index in [0.29, 0.717) is 26.1 Å². The van der Waals surface area contributed by atoms with E-state index in [-0.39, 0.29) is 36.1 Å². The van der Waals surface area contributed by atoms with Crippen molar-refractivity contribution < 1.29 is 19.1 Å². The third kappa shape index (κ3) is 5.92. The number of benzene rings is 2. The number of rotatable bonds is 7. The van der Waals surface area contributed by atoms with Crippen molar-refractivity contribution >= 4 is 30.0 Å². The number of nitrogens with zero attached hydrogens (tertiary/aromatic N) is 1. The Morgan fingerprint density at radius 1 is 1.09 bits per heavy atom. The van der Waals surface area contributed by atoms with Crippen LogP contribution in [0.4, 0.5) is 0 Å². The third-order valence-electron chi connectivity index (χ3n) is 6.91. The Morgan fingerprint density at radius 2 is 1.71 bits per heavy atom. The number of likely N-dealkylation sites (tertiary alicyclic amines) is 1. The first kappa shape index (κ1) is 26.9. The van der Waals surface area contributed by atoms with Crippen LogP contribution >= 0.6 is 12.4 Å². The van der Waals surface area contributed by atoms with Gasteiger partial charge in [0.15, 0.2) is 5.78 Å². The minimum Gasteiger partial charge on any atom is -0.374 e. The van der Waals surface area contributed by atoms with Crippen molar-refractivity contribution in [2.45, 2.75) is 56.7 Å². The Balaban J connectivity index is 0.00000342. The third-order valence-corrected chi connectivity index (χ3v) is 6.91. The number of ether oxygens (including phenoxy) is 1. The van der Waals surface area contributed by atoms with Gasteiger partial charge >= 0.3 is 0 Å². The average Bonchev–Trinajstić information content (AvgIpc) is 3.10. The summed E-state index contributed by atoms with van der Waals surface area (Å²) in [6, 6.07) is 16.7. The smallest absolute Gasteiger partial charge is 0.247 e. The van der Waals surface area contributed by atoms with Gasteiger partial charge in [0, 0.05) is 30.5 Å². The number of nitrogens with one attached hydrogen (secondary N) is 1. The molecule has 7 nitrogen and oxygen atoms in total. The van der Waals surface area contributed by atoms with E-state index >= 15 is 0 Å².